The Labute approximate surface area is 183 Å². The molecule has 4 rings (SSSR count). The van der Waals surface area contributed by atoms with Crippen LogP contribution < -0.4 is 0 Å². The lowest BCUT2D eigenvalue weighted by molar-refractivity contribution is -0.137. The van der Waals surface area contributed by atoms with Gasteiger partial charge in [0.15, 0.2) is 0 Å². The van der Waals surface area contributed by atoms with Crippen molar-refractivity contribution in [2.45, 2.75) is 45.3 Å². The minimum atomic E-state index is -4.45. The van der Waals surface area contributed by atoms with Gasteiger partial charge in [0.25, 0.3) is 5.89 Å². The molecule has 0 radical (unpaired) electrons. The fourth-order valence-electron chi connectivity index (χ4n) is 3.71. The number of halogens is 3. The van der Waals surface area contributed by atoms with Crippen molar-refractivity contribution in [3.63, 3.8) is 0 Å². The van der Waals surface area contributed by atoms with Crippen LogP contribution in [0.3, 0.4) is 0 Å². The van der Waals surface area contributed by atoms with Gasteiger partial charge in [-0.25, -0.2) is 0 Å². The molecule has 1 aromatic carbocycles. The smallest absolute Gasteiger partial charge is 0.333 e. The summed E-state index contributed by atoms with van der Waals surface area (Å²) in [7, 11) is 0. The molecule has 3 aromatic heterocycles. The van der Waals surface area contributed by atoms with Crippen LogP contribution in [-0.4, -0.2) is 24.9 Å². The molecule has 1 unspecified atom stereocenters. The first kappa shape index (κ1) is 21.7. The standard InChI is InChI=1S/C23H22F3N5O/c1-3-6-18(4-2)31-20(15-9-11-27-12-10-15)19(14-28-31)22-29-21(30-32-22)16-7-5-8-17(13-16)23(24,25)26/h5,7-14,18H,3-4,6H2,1-2H3. The van der Waals surface area contributed by atoms with Crippen LogP contribution in [0.25, 0.3) is 34.1 Å². The third-order valence-corrected chi connectivity index (χ3v) is 5.29. The Bertz CT molecular complexity index is 1180. The molecular formula is C23H22F3N5O. The van der Waals surface area contributed by atoms with E-state index in [2.05, 4.69) is 34.1 Å². The zero-order valence-corrected chi connectivity index (χ0v) is 17.7. The molecule has 6 nitrogen and oxygen atoms in total. The summed E-state index contributed by atoms with van der Waals surface area (Å²) in [6.45, 7) is 4.23. The van der Waals surface area contributed by atoms with Crippen molar-refractivity contribution in [2.75, 3.05) is 0 Å². The van der Waals surface area contributed by atoms with Gasteiger partial charge in [-0.2, -0.15) is 23.3 Å². The predicted molar refractivity (Wildman–Crippen MR) is 113 cm³/mol. The molecule has 0 aliphatic carbocycles. The van der Waals surface area contributed by atoms with Crippen LogP contribution in [0.15, 0.2) is 59.5 Å². The van der Waals surface area contributed by atoms with Gasteiger partial charge < -0.3 is 4.52 Å². The Morgan fingerprint density at radius 3 is 2.53 bits per heavy atom. The second kappa shape index (κ2) is 8.94. The SMILES string of the molecule is CCCC(CC)n1ncc(-c2nc(-c3cccc(C(F)(F)F)c3)no2)c1-c1ccncc1. The Morgan fingerprint density at radius 1 is 1.06 bits per heavy atom. The molecule has 0 amide bonds. The maximum Gasteiger partial charge on any atom is 0.416 e. The monoisotopic (exact) mass is 441 g/mol. The molecule has 3 heterocycles. The highest BCUT2D eigenvalue weighted by Crippen LogP contribution is 2.36. The Morgan fingerprint density at radius 2 is 1.84 bits per heavy atom. The van der Waals surface area contributed by atoms with E-state index in [0.717, 1.165) is 42.7 Å². The molecule has 0 saturated carbocycles. The second-order valence-electron chi connectivity index (χ2n) is 7.44. The first-order valence-corrected chi connectivity index (χ1v) is 10.4. The molecule has 0 N–H and O–H groups in total. The number of nitrogens with zero attached hydrogens (tertiary/aromatic N) is 5. The third-order valence-electron chi connectivity index (χ3n) is 5.29. The van der Waals surface area contributed by atoms with Crippen molar-refractivity contribution in [1.29, 1.82) is 0 Å². The maximum absolute atomic E-state index is 13.1. The summed E-state index contributed by atoms with van der Waals surface area (Å²) >= 11 is 0. The van der Waals surface area contributed by atoms with Gasteiger partial charge in [-0.05, 0) is 37.1 Å². The van der Waals surface area contributed by atoms with E-state index in [1.165, 1.54) is 12.1 Å². The molecular weight excluding hydrogens is 419 g/mol. The van der Waals surface area contributed by atoms with Crippen LogP contribution in [0.5, 0.6) is 0 Å². The summed E-state index contributed by atoms with van der Waals surface area (Å²) in [6.07, 6.45) is 3.45. The van der Waals surface area contributed by atoms with E-state index < -0.39 is 11.7 Å². The van der Waals surface area contributed by atoms with Gasteiger partial charge in [-0.3, -0.25) is 9.67 Å². The summed E-state index contributed by atoms with van der Waals surface area (Å²) in [6, 6.07) is 8.80. The van der Waals surface area contributed by atoms with E-state index in [0.29, 0.717) is 5.56 Å². The lowest BCUT2D eigenvalue weighted by Crippen LogP contribution is -2.11. The van der Waals surface area contributed by atoms with Gasteiger partial charge >= 0.3 is 6.18 Å². The second-order valence-corrected chi connectivity index (χ2v) is 7.44. The highest BCUT2D eigenvalue weighted by molar-refractivity contribution is 5.77. The molecule has 166 valence electrons. The summed E-state index contributed by atoms with van der Waals surface area (Å²) in [5.41, 5.74) is 1.78. The largest absolute Gasteiger partial charge is 0.416 e. The molecule has 1 atom stereocenters. The minimum absolute atomic E-state index is 0.0835. The molecule has 0 aliphatic heterocycles. The van der Waals surface area contributed by atoms with Gasteiger partial charge in [0.2, 0.25) is 5.82 Å². The molecule has 0 bridgehead atoms. The van der Waals surface area contributed by atoms with Crippen molar-refractivity contribution in [3.05, 3.63) is 60.6 Å². The highest BCUT2D eigenvalue weighted by Gasteiger charge is 2.31. The zero-order chi connectivity index (χ0) is 22.7. The van der Waals surface area contributed by atoms with Crippen LogP contribution in [0.1, 0.15) is 44.7 Å². The van der Waals surface area contributed by atoms with Crippen molar-refractivity contribution in [3.8, 4) is 34.1 Å². The molecule has 9 heteroatoms. The number of alkyl halides is 3. The quantitative estimate of drug-likeness (QED) is 0.330. The summed E-state index contributed by atoms with van der Waals surface area (Å²) < 4.78 is 46.7. The number of hydrogen-bond acceptors (Lipinski definition) is 5. The lowest BCUT2D eigenvalue weighted by atomic mass is 10.1. The molecule has 4 aromatic rings. The average molecular weight is 441 g/mol. The number of aromatic nitrogens is 5. The van der Waals surface area contributed by atoms with E-state index in [9.17, 15) is 13.2 Å². The van der Waals surface area contributed by atoms with Crippen molar-refractivity contribution >= 4 is 0 Å². The molecule has 0 fully saturated rings. The van der Waals surface area contributed by atoms with E-state index in [1.54, 1.807) is 18.6 Å². The first-order valence-electron chi connectivity index (χ1n) is 10.4. The van der Waals surface area contributed by atoms with Crippen molar-refractivity contribution in [2.24, 2.45) is 0 Å². The Hall–Kier alpha value is -3.49. The highest BCUT2D eigenvalue weighted by atomic mass is 19.4. The normalized spacial score (nSPS) is 12.8. The Balaban J connectivity index is 1.79. The van der Waals surface area contributed by atoms with Gasteiger partial charge in [0, 0.05) is 23.5 Å². The molecule has 0 aliphatic rings. The van der Waals surface area contributed by atoms with E-state index in [1.807, 2.05) is 16.8 Å². The maximum atomic E-state index is 13.1. The third kappa shape index (κ3) is 4.28. The summed E-state index contributed by atoms with van der Waals surface area (Å²) in [5.74, 6) is 0.280. The first-order chi connectivity index (χ1) is 15.4. The number of benzene rings is 1. The number of hydrogen-bond donors (Lipinski definition) is 0. The van der Waals surface area contributed by atoms with Gasteiger partial charge in [-0.1, -0.05) is 37.6 Å². The van der Waals surface area contributed by atoms with Crippen LogP contribution in [0, 0.1) is 0 Å². The molecule has 32 heavy (non-hydrogen) atoms. The van der Waals surface area contributed by atoms with Crippen LogP contribution in [0.4, 0.5) is 13.2 Å². The van der Waals surface area contributed by atoms with Crippen LogP contribution >= 0.6 is 0 Å². The van der Waals surface area contributed by atoms with Crippen LogP contribution in [0.2, 0.25) is 0 Å². The molecule has 0 spiro atoms. The van der Waals surface area contributed by atoms with Gasteiger partial charge in [-0.15, -0.1) is 0 Å². The predicted octanol–water partition coefficient (Wildman–Crippen LogP) is 6.43. The summed E-state index contributed by atoms with van der Waals surface area (Å²) in [4.78, 5) is 8.48. The summed E-state index contributed by atoms with van der Waals surface area (Å²) in [5, 5.41) is 8.54. The van der Waals surface area contributed by atoms with Crippen LogP contribution in [-0.2, 0) is 6.18 Å². The van der Waals surface area contributed by atoms with Gasteiger partial charge in [0.05, 0.1) is 29.1 Å². The topological polar surface area (TPSA) is 69.6 Å². The lowest BCUT2D eigenvalue weighted by Gasteiger charge is -2.18. The number of pyridine rings is 1. The van der Waals surface area contributed by atoms with E-state index in [4.69, 9.17) is 4.52 Å². The fourth-order valence-corrected chi connectivity index (χ4v) is 3.71. The zero-order valence-electron chi connectivity index (χ0n) is 17.7. The fraction of sp³-hybridized carbons (Fsp3) is 0.304. The van der Waals surface area contributed by atoms with Crippen molar-refractivity contribution in [1.82, 2.24) is 24.9 Å². The average Bonchev–Trinajstić information content (AvgIpc) is 3.45. The van der Waals surface area contributed by atoms with Gasteiger partial charge in [0.1, 0.15) is 0 Å². The minimum Gasteiger partial charge on any atom is -0.333 e. The number of rotatable bonds is 7. The van der Waals surface area contributed by atoms with E-state index >= 15 is 0 Å². The Kier molecular flexibility index (Phi) is 6.07. The van der Waals surface area contributed by atoms with E-state index in [-0.39, 0.29) is 23.3 Å². The van der Waals surface area contributed by atoms with Crippen molar-refractivity contribution < 1.29 is 17.7 Å². The molecule has 0 saturated heterocycles.